The van der Waals surface area contributed by atoms with Crippen molar-refractivity contribution in [2.45, 2.75) is 0 Å². The Kier molecular flexibility index (Phi) is 3.90. The quantitative estimate of drug-likeness (QED) is 0.880. The number of nitrogens with zero attached hydrogens (tertiary/aromatic N) is 1. The average molecular weight is 271 g/mol. The molecule has 1 heterocycles. The van der Waals surface area contributed by atoms with Crippen molar-refractivity contribution in [3.05, 3.63) is 52.2 Å². The lowest BCUT2D eigenvalue weighted by atomic mass is 10.2. The summed E-state index contributed by atoms with van der Waals surface area (Å²) in [7, 11) is 0. The number of thiophene rings is 1. The standard InChI is InChI=1S/C13H9N3O2S/c14-8-9-3-1-4-10(7-9)15-13(18)16-12(17)11-5-2-6-19-11/h1-7H,(H2,15,16,17,18). The second kappa shape index (κ2) is 5.80. The second-order valence-electron chi connectivity index (χ2n) is 3.58. The van der Waals surface area contributed by atoms with Gasteiger partial charge in [-0.05, 0) is 29.6 Å². The molecule has 0 unspecified atom stereocenters. The number of benzene rings is 1. The van der Waals surface area contributed by atoms with E-state index >= 15 is 0 Å². The Morgan fingerprint density at radius 2 is 2.05 bits per heavy atom. The van der Waals surface area contributed by atoms with Gasteiger partial charge in [0.25, 0.3) is 5.91 Å². The maximum atomic E-state index is 11.6. The van der Waals surface area contributed by atoms with Crippen LogP contribution >= 0.6 is 11.3 Å². The number of carbonyl (C=O) groups excluding carboxylic acids is 2. The van der Waals surface area contributed by atoms with Crippen molar-refractivity contribution in [1.82, 2.24) is 5.32 Å². The first-order valence-electron chi connectivity index (χ1n) is 5.35. The lowest BCUT2D eigenvalue weighted by Gasteiger charge is -2.05. The number of nitriles is 1. The number of amides is 3. The van der Waals surface area contributed by atoms with Crippen LogP contribution in [0.25, 0.3) is 0 Å². The summed E-state index contributed by atoms with van der Waals surface area (Å²) < 4.78 is 0. The van der Waals surface area contributed by atoms with Gasteiger partial charge in [0, 0.05) is 5.69 Å². The van der Waals surface area contributed by atoms with E-state index in [1.807, 2.05) is 6.07 Å². The molecule has 0 bridgehead atoms. The van der Waals surface area contributed by atoms with Gasteiger partial charge in [-0.3, -0.25) is 10.1 Å². The van der Waals surface area contributed by atoms with Gasteiger partial charge in [-0.15, -0.1) is 11.3 Å². The average Bonchev–Trinajstić information content (AvgIpc) is 2.92. The molecule has 0 fully saturated rings. The molecule has 3 amide bonds. The Labute approximate surface area is 113 Å². The highest BCUT2D eigenvalue weighted by Crippen LogP contribution is 2.10. The summed E-state index contributed by atoms with van der Waals surface area (Å²) in [4.78, 5) is 23.7. The predicted octanol–water partition coefficient (Wildman–Crippen LogP) is 2.58. The highest BCUT2D eigenvalue weighted by atomic mass is 32.1. The molecule has 2 aromatic rings. The minimum atomic E-state index is -0.631. The van der Waals surface area contributed by atoms with Crippen LogP contribution in [0.15, 0.2) is 41.8 Å². The minimum absolute atomic E-state index is 0.433. The highest BCUT2D eigenvalue weighted by molar-refractivity contribution is 7.12. The van der Waals surface area contributed by atoms with Gasteiger partial charge < -0.3 is 5.32 Å². The fourth-order valence-electron chi connectivity index (χ4n) is 1.40. The van der Waals surface area contributed by atoms with E-state index in [1.54, 1.807) is 35.7 Å². The summed E-state index contributed by atoms with van der Waals surface area (Å²) >= 11 is 1.25. The molecular formula is C13H9N3O2S. The molecule has 6 heteroatoms. The lowest BCUT2D eigenvalue weighted by molar-refractivity contribution is 0.0971. The van der Waals surface area contributed by atoms with Crippen LogP contribution in [0.5, 0.6) is 0 Å². The SMILES string of the molecule is N#Cc1cccc(NC(=O)NC(=O)c2cccs2)c1. The topological polar surface area (TPSA) is 82.0 Å². The van der Waals surface area contributed by atoms with Crippen LogP contribution in [0.4, 0.5) is 10.5 Å². The van der Waals surface area contributed by atoms with Crippen molar-refractivity contribution in [3.63, 3.8) is 0 Å². The summed E-state index contributed by atoms with van der Waals surface area (Å²) in [6.45, 7) is 0. The monoisotopic (exact) mass is 271 g/mol. The maximum Gasteiger partial charge on any atom is 0.326 e. The molecule has 0 aliphatic carbocycles. The van der Waals surface area contributed by atoms with E-state index in [0.717, 1.165) is 0 Å². The molecule has 94 valence electrons. The van der Waals surface area contributed by atoms with Crippen LogP contribution in [0.3, 0.4) is 0 Å². The molecule has 0 aliphatic rings. The van der Waals surface area contributed by atoms with Crippen molar-refractivity contribution >= 4 is 29.0 Å². The summed E-state index contributed by atoms with van der Waals surface area (Å²) in [6.07, 6.45) is 0. The lowest BCUT2D eigenvalue weighted by Crippen LogP contribution is -2.33. The van der Waals surface area contributed by atoms with Gasteiger partial charge in [0.1, 0.15) is 0 Å². The second-order valence-corrected chi connectivity index (χ2v) is 4.53. The van der Waals surface area contributed by atoms with E-state index in [-0.39, 0.29) is 0 Å². The number of hydrogen-bond acceptors (Lipinski definition) is 4. The largest absolute Gasteiger partial charge is 0.326 e. The molecule has 2 N–H and O–H groups in total. The van der Waals surface area contributed by atoms with Crippen molar-refractivity contribution < 1.29 is 9.59 Å². The number of carbonyl (C=O) groups is 2. The normalized spacial score (nSPS) is 9.42. The maximum absolute atomic E-state index is 11.6. The third kappa shape index (κ3) is 3.40. The summed E-state index contributed by atoms with van der Waals surface area (Å²) in [5, 5.41) is 15.2. The number of hydrogen-bond donors (Lipinski definition) is 2. The van der Waals surface area contributed by atoms with Crippen LogP contribution in [0.2, 0.25) is 0 Å². The molecule has 0 aliphatic heterocycles. The number of nitrogens with one attached hydrogen (secondary N) is 2. The summed E-state index contributed by atoms with van der Waals surface area (Å²) in [5.74, 6) is -0.455. The zero-order valence-corrected chi connectivity index (χ0v) is 10.5. The van der Waals surface area contributed by atoms with Crippen molar-refractivity contribution in [3.8, 4) is 6.07 Å². The van der Waals surface area contributed by atoms with Gasteiger partial charge in [0.15, 0.2) is 0 Å². The Hall–Kier alpha value is -2.65. The highest BCUT2D eigenvalue weighted by Gasteiger charge is 2.10. The molecule has 0 spiro atoms. The summed E-state index contributed by atoms with van der Waals surface area (Å²) in [5.41, 5.74) is 0.887. The molecule has 5 nitrogen and oxygen atoms in total. The van der Waals surface area contributed by atoms with Gasteiger partial charge in [-0.2, -0.15) is 5.26 Å². The van der Waals surface area contributed by atoms with Crippen LogP contribution in [-0.4, -0.2) is 11.9 Å². The number of anilines is 1. The van der Waals surface area contributed by atoms with Crippen LogP contribution < -0.4 is 10.6 Å². The Morgan fingerprint density at radius 1 is 1.21 bits per heavy atom. The predicted molar refractivity (Wildman–Crippen MR) is 72.0 cm³/mol. The molecule has 0 saturated carbocycles. The molecular weight excluding hydrogens is 262 g/mol. The van der Waals surface area contributed by atoms with Crippen LogP contribution in [-0.2, 0) is 0 Å². The Morgan fingerprint density at radius 3 is 2.74 bits per heavy atom. The zero-order valence-electron chi connectivity index (χ0n) is 9.71. The Balaban J connectivity index is 1.98. The minimum Gasteiger partial charge on any atom is -0.308 e. The molecule has 0 atom stereocenters. The zero-order chi connectivity index (χ0) is 13.7. The smallest absolute Gasteiger partial charge is 0.308 e. The fraction of sp³-hybridized carbons (Fsp3) is 0. The molecule has 2 rings (SSSR count). The van der Waals surface area contributed by atoms with Crippen LogP contribution in [0.1, 0.15) is 15.2 Å². The van der Waals surface area contributed by atoms with Gasteiger partial charge in [0.2, 0.25) is 0 Å². The molecule has 0 saturated heterocycles. The van der Waals surface area contributed by atoms with E-state index < -0.39 is 11.9 Å². The van der Waals surface area contributed by atoms with Crippen molar-refractivity contribution in [1.29, 1.82) is 5.26 Å². The van der Waals surface area contributed by atoms with E-state index in [0.29, 0.717) is 16.1 Å². The van der Waals surface area contributed by atoms with Gasteiger partial charge >= 0.3 is 6.03 Å². The van der Waals surface area contributed by atoms with Gasteiger partial charge in [-0.25, -0.2) is 4.79 Å². The molecule has 0 radical (unpaired) electrons. The third-order valence-electron chi connectivity index (χ3n) is 2.22. The van der Waals surface area contributed by atoms with E-state index in [4.69, 9.17) is 5.26 Å². The molecule has 19 heavy (non-hydrogen) atoms. The Bertz CT molecular complexity index is 644. The van der Waals surface area contributed by atoms with E-state index in [1.165, 1.54) is 17.4 Å². The van der Waals surface area contributed by atoms with E-state index in [9.17, 15) is 9.59 Å². The van der Waals surface area contributed by atoms with E-state index in [2.05, 4.69) is 10.6 Å². The number of urea groups is 1. The number of imide groups is 1. The van der Waals surface area contributed by atoms with Crippen LogP contribution in [0, 0.1) is 11.3 Å². The first-order valence-corrected chi connectivity index (χ1v) is 6.23. The first-order chi connectivity index (χ1) is 9.19. The van der Waals surface area contributed by atoms with Crippen molar-refractivity contribution in [2.24, 2.45) is 0 Å². The molecule has 1 aromatic carbocycles. The van der Waals surface area contributed by atoms with Gasteiger partial charge in [0.05, 0.1) is 16.5 Å². The third-order valence-corrected chi connectivity index (χ3v) is 3.09. The molecule has 1 aromatic heterocycles. The summed E-state index contributed by atoms with van der Waals surface area (Å²) in [6, 6.07) is 11.1. The fourth-order valence-corrected chi connectivity index (χ4v) is 2.02. The van der Waals surface area contributed by atoms with Crippen molar-refractivity contribution in [2.75, 3.05) is 5.32 Å². The first kappa shape index (κ1) is 12.8. The number of rotatable bonds is 2. The van der Waals surface area contributed by atoms with Gasteiger partial charge in [-0.1, -0.05) is 12.1 Å².